The summed E-state index contributed by atoms with van der Waals surface area (Å²) in [6, 6.07) is 5.66. The molecule has 0 bridgehead atoms. The number of hydrogen-bond donors (Lipinski definition) is 0. The molecule has 0 saturated heterocycles. The molecule has 0 fully saturated rings. The first kappa shape index (κ1) is 17.4. The third-order valence-electron chi connectivity index (χ3n) is 3.12. The molecule has 0 N–H and O–H groups in total. The third kappa shape index (κ3) is 3.91. The van der Waals surface area contributed by atoms with Crippen LogP contribution in [0.5, 0.6) is 0 Å². The molecule has 6 heteroatoms. The van der Waals surface area contributed by atoms with Crippen LogP contribution >= 0.6 is 0 Å². The summed E-state index contributed by atoms with van der Waals surface area (Å²) in [5, 5.41) is -1.22. The van der Waals surface area contributed by atoms with Gasteiger partial charge in [0, 0.05) is 12.0 Å². The van der Waals surface area contributed by atoms with Crippen molar-refractivity contribution >= 4 is 21.6 Å². The molecule has 1 rings (SSSR count). The first-order valence-electron chi connectivity index (χ1n) is 6.92. The molecule has 0 heterocycles. The minimum Gasteiger partial charge on any atom is -0.465 e. The van der Waals surface area contributed by atoms with Gasteiger partial charge in [0.25, 0.3) is 0 Å². The number of benzene rings is 1. The zero-order valence-corrected chi connectivity index (χ0v) is 13.3. The normalized spacial score (nSPS) is 12.7. The van der Waals surface area contributed by atoms with E-state index < -0.39 is 21.1 Å². The lowest BCUT2D eigenvalue weighted by Gasteiger charge is -2.14. The fraction of sp³-hybridized carbons (Fsp3) is 0.467. The van der Waals surface area contributed by atoms with E-state index >= 15 is 0 Å². The molecule has 21 heavy (non-hydrogen) atoms. The van der Waals surface area contributed by atoms with Crippen molar-refractivity contribution in [3.63, 3.8) is 0 Å². The highest BCUT2D eigenvalue weighted by atomic mass is 32.2. The van der Waals surface area contributed by atoms with Crippen molar-refractivity contribution in [2.24, 2.45) is 0 Å². The number of carbonyl (C=O) groups excluding carboxylic acids is 2. The van der Waals surface area contributed by atoms with Gasteiger partial charge >= 0.3 is 5.97 Å². The van der Waals surface area contributed by atoms with E-state index in [0.717, 1.165) is 0 Å². The molecule has 1 atom stereocenters. The van der Waals surface area contributed by atoms with Crippen LogP contribution in [0.15, 0.2) is 29.2 Å². The Labute approximate surface area is 125 Å². The highest BCUT2D eigenvalue weighted by Crippen LogP contribution is 2.20. The number of esters is 1. The number of carbonyl (C=O) groups is 2. The molecule has 0 aliphatic carbocycles. The van der Waals surface area contributed by atoms with Crippen molar-refractivity contribution in [1.29, 1.82) is 0 Å². The summed E-state index contributed by atoms with van der Waals surface area (Å²) >= 11 is 0. The molecular weight excluding hydrogens is 292 g/mol. The molecule has 0 aliphatic heterocycles. The van der Waals surface area contributed by atoms with Crippen LogP contribution < -0.4 is 0 Å². The Bertz CT molecular complexity index is 601. The molecule has 116 valence electrons. The molecule has 1 aromatic rings. The molecular formula is C15H20O5S. The summed E-state index contributed by atoms with van der Waals surface area (Å²) in [6.45, 7) is 5.12. The largest absolute Gasteiger partial charge is 0.465 e. The zero-order chi connectivity index (χ0) is 16.0. The number of hydrogen-bond acceptors (Lipinski definition) is 5. The number of sulfone groups is 1. The van der Waals surface area contributed by atoms with Gasteiger partial charge in [-0.2, -0.15) is 0 Å². The van der Waals surface area contributed by atoms with E-state index in [1.54, 1.807) is 20.8 Å². The van der Waals surface area contributed by atoms with Crippen molar-refractivity contribution in [1.82, 2.24) is 0 Å². The molecule has 0 radical (unpaired) electrons. The summed E-state index contributed by atoms with van der Waals surface area (Å²) in [5.74, 6) is -0.801. The maximum Gasteiger partial charge on any atom is 0.324 e. The van der Waals surface area contributed by atoms with E-state index in [1.165, 1.54) is 24.3 Å². The van der Waals surface area contributed by atoms with Crippen molar-refractivity contribution in [3.05, 3.63) is 29.8 Å². The Hall–Kier alpha value is -1.69. The summed E-state index contributed by atoms with van der Waals surface area (Å²) < 4.78 is 29.7. The Morgan fingerprint density at radius 1 is 1.10 bits per heavy atom. The first-order chi connectivity index (χ1) is 9.88. The number of Topliss-reactive ketones (excluding diaryl/α,β-unsaturated/α-hetero) is 1. The molecule has 0 saturated carbocycles. The van der Waals surface area contributed by atoms with E-state index in [1.807, 2.05) is 0 Å². The SMILES string of the molecule is CCOC(=O)C(CC)S(=O)(=O)c1ccc(C(=O)CC)cc1. The molecule has 0 aromatic heterocycles. The molecule has 1 unspecified atom stereocenters. The second kappa shape index (κ2) is 7.36. The van der Waals surface area contributed by atoms with Crippen LogP contribution in [0.1, 0.15) is 44.0 Å². The van der Waals surface area contributed by atoms with Crippen LogP contribution in [0, 0.1) is 0 Å². The minimum atomic E-state index is -3.81. The second-order valence-corrected chi connectivity index (χ2v) is 6.63. The smallest absolute Gasteiger partial charge is 0.324 e. The van der Waals surface area contributed by atoms with Gasteiger partial charge in [0.2, 0.25) is 0 Å². The van der Waals surface area contributed by atoms with Gasteiger partial charge in [-0.3, -0.25) is 9.59 Å². The van der Waals surface area contributed by atoms with Crippen LogP contribution in [0.25, 0.3) is 0 Å². The van der Waals surface area contributed by atoms with Gasteiger partial charge in [-0.25, -0.2) is 8.42 Å². The second-order valence-electron chi connectivity index (χ2n) is 4.50. The van der Waals surface area contributed by atoms with Crippen LogP contribution in [0.4, 0.5) is 0 Å². The van der Waals surface area contributed by atoms with E-state index in [4.69, 9.17) is 4.74 Å². The van der Waals surface area contributed by atoms with Crippen LogP contribution in [-0.2, 0) is 19.4 Å². The van der Waals surface area contributed by atoms with Gasteiger partial charge in [0.15, 0.2) is 20.9 Å². The highest BCUT2D eigenvalue weighted by Gasteiger charge is 2.33. The van der Waals surface area contributed by atoms with E-state index in [9.17, 15) is 18.0 Å². The predicted octanol–water partition coefficient (Wildman–Crippen LogP) is 2.39. The van der Waals surface area contributed by atoms with Crippen molar-refractivity contribution in [2.45, 2.75) is 43.8 Å². The summed E-state index contributed by atoms with van der Waals surface area (Å²) in [4.78, 5) is 23.3. The van der Waals surface area contributed by atoms with Gasteiger partial charge in [-0.05, 0) is 25.5 Å². The van der Waals surface area contributed by atoms with E-state index in [2.05, 4.69) is 0 Å². The standard InChI is InChI=1S/C15H20O5S/c1-4-13(16)11-7-9-12(10-8-11)21(18,19)14(5-2)15(17)20-6-3/h7-10,14H,4-6H2,1-3H3. The van der Waals surface area contributed by atoms with Gasteiger partial charge in [-0.1, -0.05) is 26.0 Å². The fourth-order valence-corrected chi connectivity index (χ4v) is 3.55. The Balaban J connectivity index is 3.11. The average molecular weight is 312 g/mol. The van der Waals surface area contributed by atoms with Crippen LogP contribution in [0.3, 0.4) is 0 Å². The molecule has 5 nitrogen and oxygen atoms in total. The molecule has 0 spiro atoms. The molecule has 0 amide bonds. The van der Waals surface area contributed by atoms with E-state index in [-0.39, 0.29) is 23.7 Å². The zero-order valence-electron chi connectivity index (χ0n) is 12.5. The highest BCUT2D eigenvalue weighted by molar-refractivity contribution is 7.92. The van der Waals surface area contributed by atoms with Gasteiger partial charge in [0.1, 0.15) is 0 Å². The fourth-order valence-electron chi connectivity index (χ4n) is 1.95. The summed E-state index contributed by atoms with van der Waals surface area (Å²) in [5.41, 5.74) is 0.459. The maximum atomic E-state index is 12.4. The quantitative estimate of drug-likeness (QED) is 0.570. The lowest BCUT2D eigenvalue weighted by molar-refractivity contribution is -0.142. The van der Waals surface area contributed by atoms with Crippen molar-refractivity contribution in [3.8, 4) is 0 Å². The first-order valence-corrected chi connectivity index (χ1v) is 8.46. The van der Waals surface area contributed by atoms with Crippen LogP contribution in [-0.4, -0.2) is 32.0 Å². The topological polar surface area (TPSA) is 77.5 Å². The Kier molecular flexibility index (Phi) is 6.08. The maximum absolute atomic E-state index is 12.4. The average Bonchev–Trinajstić information content (AvgIpc) is 2.47. The third-order valence-corrected chi connectivity index (χ3v) is 5.32. The Morgan fingerprint density at radius 3 is 2.10 bits per heavy atom. The van der Waals surface area contributed by atoms with Gasteiger partial charge in [-0.15, -0.1) is 0 Å². The number of rotatable bonds is 7. The molecule has 1 aromatic carbocycles. The monoisotopic (exact) mass is 312 g/mol. The van der Waals surface area contributed by atoms with Gasteiger partial charge < -0.3 is 4.74 Å². The summed E-state index contributed by atoms with van der Waals surface area (Å²) in [6.07, 6.45) is 0.489. The lowest BCUT2D eigenvalue weighted by atomic mass is 10.1. The predicted molar refractivity (Wildman–Crippen MR) is 79.0 cm³/mol. The minimum absolute atomic E-state index is 0.0232. The lowest BCUT2D eigenvalue weighted by Crippen LogP contribution is -2.31. The van der Waals surface area contributed by atoms with E-state index in [0.29, 0.717) is 12.0 Å². The Morgan fingerprint density at radius 2 is 1.67 bits per heavy atom. The molecule has 0 aliphatic rings. The van der Waals surface area contributed by atoms with Crippen LogP contribution in [0.2, 0.25) is 0 Å². The van der Waals surface area contributed by atoms with Crippen molar-refractivity contribution in [2.75, 3.05) is 6.61 Å². The van der Waals surface area contributed by atoms with Gasteiger partial charge in [0.05, 0.1) is 11.5 Å². The number of ether oxygens (including phenoxy) is 1. The van der Waals surface area contributed by atoms with Crippen molar-refractivity contribution < 1.29 is 22.7 Å². The summed E-state index contributed by atoms with van der Waals surface area (Å²) in [7, 11) is -3.81. The number of ketones is 1.